The van der Waals surface area contributed by atoms with Crippen molar-refractivity contribution in [2.75, 3.05) is 0 Å². The zero-order valence-electron chi connectivity index (χ0n) is 11.4. The van der Waals surface area contributed by atoms with E-state index in [4.69, 9.17) is 21.6 Å². The van der Waals surface area contributed by atoms with Crippen molar-refractivity contribution in [1.82, 2.24) is 5.32 Å². The van der Waals surface area contributed by atoms with Gasteiger partial charge in [-0.2, -0.15) is 5.26 Å². The lowest BCUT2D eigenvalue weighted by Gasteiger charge is -2.18. The third-order valence-electron chi connectivity index (χ3n) is 3.44. The first-order valence-electron chi connectivity index (χ1n) is 6.77. The van der Waals surface area contributed by atoms with E-state index in [1.165, 1.54) is 0 Å². The predicted octanol–water partition coefficient (Wildman–Crippen LogP) is 3.04. The fraction of sp³-hybridized carbons (Fsp3) is 0.467. The van der Waals surface area contributed by atoms with Crippen molar-refractivity contribution in [3.8, 4) is 11.8 Å². The lowest BCUT2D eigenvalue weighted by atomic mass is 10.2. The molecule has 106 valence electrons. The number of ether oxygens (including phenoxy) is 1. The highest BCUT2D eigenvalue weighted by atomic mass is 35.5. The number of nitrogens with one attached hydrogen (secondary N) is 1. The van der Waals surface area contributed by atoms with Gasteiger partial charge in [0.2, 0.25) is 0 Å². The van der Waals surface area contributed by atoms with Gasteiger partial charge in [0.15, 0.2) is 6.10 Å². The van der Waals surface area contributed by atoms with Crippen LogP contribution in [0.4, 0.5) is 0 Å². The number of benzene rings is 1. The van der Waals surface area contributed by atoms with Gasteiger partial charge in [0.05, 0.1) is 5.56 Å². The van der Waals surface area contributed by atoms with Crippen LogP contribution < -0.4 is 10.1 Å². The third kappa shape index (κ3) is 3.64. The van der Waals surface area contributed by atoms with Gasteiger partial charge in [0.25, 0.3) is 5.91 Å². The van der Waals surface area contributed by atoms with Gasteiger partial charge in [-0.1, -0.05) is 24.4 Å². The first-order valence-corrected chi connectivity index (χ1v) is 7.14. The Hall–Kier alpha value is -1.73. The number of rotatable bonds is 4. The van der Waals surface area contributed by atoms with Crippen LogP contribution in [0.15, 0.2) is 18.2 Å². The highest BCUT2D eigenvalue weighted by Crippen LogP contribution is 2.24. The first-order chi connectivity index (χ1) is 9.60. The first kappa shape index (κ1) is 14.7. The molecule has 20 heavy (non-hydrogen) atoms. The molecule has 1 aromatic rings. The monoisotopic (exact) mass is 292 g/mol. The molecule has 0 spiro atoms. The lowest BCUT2D eigenvalue weighted by molar-refractivity contribution is -0.127. The number of nitriles is 1. The molecule has 0 heterocycles. The fourth-order valence-corrected chi connectivity index (χ4v) is 2.48. The Kier molecular flexibility index (Phi) is 4.86. The van der Waals surface area contributed by atoms with Crippen molar-refractivity contribution in [3.05, 3.63) is 28.8 Å². The SMILES string of the molecule is CC(Oc1cc(Cl)ccc1C#N)C(=O)NC1CCCC1. The van der Waals surface area contributed by atoms with Crippen LogP contribution in [-0.4, -0.2) is 18.1 Å². The second kappa shape index (κ2) is 6.62. The van der Waals surface area contributed by atoms with Gasteiger partial charge in [-0.05, 0) is 31.9 Å². The van der Waals surface area contributed by atoms with Crippen molar-refractivity contribution in [1.29, 1.82) is 5.26 Å². The van der Waals surface area contributed by atoms with Crippen LogP contribution in [-0.2, 0) is 4.79 Å². The maximum absolute atomic E-state index is 12.0. The Morgan fingerprint density at radius 2 is 2.20 bits per heavy atom. The van der Waals surface area contributed by atoms with Gasteiger partial charge >= 0.3 is 0 Å². The van der Waals surface area contributed by atoms with Crippen LogP contribution >= 0.6 is 11.6 Å². The summed E-state index contributed by atoms with van der Waals surface area (Å²) in [5.41, 5.74) is 0.370. The van der Waals surface area contributed by atoms with Gasteiger partial charge in [-0.3, -0.25) is 4.79 Å². The summed E-state index contributed by atoms with van der Waals surface area (Å²) in [4.78, 5) is 12.0. The molecule has 1 aliphatic carbocycles. The quantitative estimate of drug-likeness (QED) is 0.928. The number of halogens is 1. The Morgan fingerprint density at radius 1 is 1.50 bits per heavy atom. The van der Waals surface area contributed by atoms with Crippen LogP contribution in [0.25, 0.3) is 0 Å². The lowest BCUT2D eigenvalue weighted by Crippen LogP contribution is -2.41. The minimum absolute atomic E-state index is 0.152. The summed E-state index contributed by atoms with van der Waals surface area (Å²) in [6, 6.07) is 7.04. The molecule has 0 radical (unpaired) electrons. The van der Waals surface area contributed by atoms with Crippen LogP contribution in [0, 0.1) is 11.3 Å². The van der Waals surface area contributed by atoms with Crippen LogP contribution in [0.1, 0.15) is 38.2 Å². The van der Waals surface area contributed by atoms with E-state index in [9.17, 15) is 4.79 Å². The number of hydrogen-bond acceptors (Lipinski definition) is 3. The van der Waals surface area contributed by atoms with Crippen molar-refractivity contribution >= 4 is 17.5 Å². The average molecular weight is 293 g/mol. The summed E-state index contributed by atoms with van der Waals surface area (Å²) in [6.07, 6.45) is 3.72. The molecule has 0 aliphatic heterocycles. The normalized spacial score (nSPS) is 16.4. The fourth-order valence-electron chi connectivity index (χ4n) is 2.32. The molecule has 4 nitrogen and oxygen atoms in total. The molecule has 1 unspecified atom stereocenters. The topological polar surface area (TPSA) is 62.1 Å². The van der Waals surface area contributed by atoms with Crippen molar-refractivity contribution in [2.24, 2.45) is 0 Å². The number of hydrogen-bond donors (Lipinski definition) is 1. The summed E-state index contributed by atoms with van der Waals surface area (Å²) in [5.74, 6) is 0.190. The van der Waals surface area contributed by atoms with Gasteiger partial charge in [0.1, 0.15) is 11.8 Å². The summed E-state index contributed by atoms with van der Waals surface area (Å²) < 4.78 is 5.57. The molecule has 1 atom stereocenters. The third-order valence-corrected chi connectivity index (χ3v) is 3.67. The summed E-state index contributed by atoms with van der Waals surface area (Å²) in [6.45, 7) is 1.67. The maximum atomic E-state index is 12.0. The highest BCUT2D eigenvalue weighted by molar-refractivity contribution is 6.30. The summed E-state index contributed by atoms with van der Waals surface area (Å²) in [7, 11) is 0. The van der Waals surface area contributed by atoms with E-state index in [-0.39, 0.29) is 11.9 Å². The molecular formula is C15H17ClN2O2. The van der Waals surface area contributed by atoms with Crippen LogP contribution in [0.2, 0.25) is 5.02 Å². The standard InChI is InChI=1S/C15H17ClN2O2/c1-10(15(19)18-13-4-2-3-5-13)20-14-8-12(16)7-6-11(14)9-17/h6-8,10,13H,2-5H2,1H3,(H,18,19). The predicted molar refractivity (Wildman–Crippen MR) is 76.7 cm³/mol. The van der Waals surface area contributed by atoms with E-state index < -0.39 is 6.10 Å². The maximum Gasteiger partial charge on any atom is 0.260 e. The Morgan fingerprint density at radius 3 is 2.85 bits per heavy atom. The number of nitrogens with zero attached hydrogens (tertiary/aromatic N) is 1. The Bertz CT molecular complexity index is 533. The van der Waals surface area contributed by atoms with Crippen molar-refractivity contribution in [3.63, 3.8) is 0 Å². The molecule has 1 aromatic carbocycles. The second-order valence-corrected chi connectivity index (χ2v) is 5.44. The van der Waals surface area contributed by atoms with Gasteiger partial charge < -0.3 is 10.1 Å². The highest BCUT2D eigenvalue weighted by Gasteiger charge is 2.22. The molecule has 1 N–H and O–H groups in total. The number of carbonyl (C=O) groups is 1. The van der Waals surface area contributed by atoms with Crippen LogP contribution in [0.5, 0.6) is 5.75 Å². The van der Waals surface area contributed by atoms with Gasteiger partial charge in [0, 0.05) is 17.1 Å². The average Bonchev–Trinajstić information content (AvgIpc) is 2.91. The zero-order valence-corrected chi connectivity index (χ0v) is 12.1. The van der Waals surface area contributed by atoms with E-state index in [1.54, 1.807) is 25.1 Å². The minimum atomic E-state index is -0.652. The minimum Gasteiger partial charge on any atom is -0.479 e. The van der Waals surface area contributed by atoms with E-state index in [0.717, 1.165) is 25.7 Å². The number of amides is 1. The molecule has 0 bridgehead atoms. The Labute approximate surface area is 123 Å². The van der Waals surface area contributed by atoms with Crippen molar-refractivity contribution in [2.45, 2.75) is 44.8 Å². The van der Waals surface area contributed by atoms with Crippen LogP contribution in [0.3, 0.4) is 0 Å². The molecular weight excluding hydrogens is 276 g/mol. The smallest absolute Gasteiger partial charge is 0.260 e. The molecule has 1 fully saturated rings. The van der Waals surface area contributed by atoms with Gasteiger partial charge in [-0.15, -0.1) is 0 Å². The molecule has 1 amide bonds. The second-order valence-electron chi connectivity index (χ2n) is 5.00. The summed E-state index contributed by atoms with van der Waals surface area (Å²) >= 11 is 5.88. The van der Waals surface area contributed by atoms with Crippen molar-refractivity contribution < 1.29 is 9.53 Å². The molecule has 5 heteroatoms. The molecule has 2 rings (SSSR count). The van der Waals surface area contributed by atoms with E-state index in [2.05, 4.69) is 5.32 Å². The van der Waals surface area contributed by atoms with Gasteiger partial charge in [-0.25, -0.2) is 0 Å². The largest absolute Gasteiger partial charge is 0.479 e. The molecule has 1 saturated carbocycles. The van der Waals surface area contributed by atoms with E-state index in [1.807, 2.05) is 6.07 Å². The Balaban J connectivity index is 2.00. The molecule has 0 saturated heterocycles. The van der Waals surface area contributed by atoms with E-state index in [0.29, 0.717) is 16.3 Å². The summed E-state index contributed by atoms with van der Waals surface area (Å²) in [5, 5.41) is 12.5. The van der Waals surface area contributed by atoms with E-state index >= 15 is 0 Å². The molecule has 1 aliphatic rings. The number of carbonyl (C=O) groups excluding carboxylic acids is 1. The zero-order chi connectivity index (χ0) is 14.5. The molecule has 0 aromatic heterocycles.